The molecule has 2 atom stereocenters. The molecule has 2 heterocycles. The lowest BCUT2D eigenvalue weighted by Gasteiger charge is -2.30. The number of rotatable bonds is 6. The molecule has 1 saturated heterocycles. The largest absolute Gasteiger partial charge is 0.395 e. The highest BCUT2D eigenvalue weighted by Gasteiger charge is 2.22. The molecular formula is C13H22N2OS. The lowest BCUT2D eigenvalue weighted by molar-refractivity contribution is 0.148. The van der Waals surface area contributed by atoms with Crippen molar-refractivity contribution in [1.82, 2.24) is 10.2 Å². The lowest BCUT2D eigenvalue weighted by Crippen LogP contribution is -2.40. The molecule has 2 unspecified atom stereocenters. The Morgan fingerprint density at radius 3 is 3.12 bits per heavy atom. The highest BCUT2D eigenvalue weighted by atomic mass is 32.1. The predicted octanol–water partition coefficient (Wildman–Crippen LogP) is 1.86. The second kappa shape index (κ2) is 6.50. The van der Waals surface area contributed by atoms with Crippen LogP contribution in [0, 0.1) is 0 Å². The van der Waals surface area contributed by atoms with E-state index < -0.39 is 0 Å². The Kier molecular flexibility index (Phi) is 4.98. The van der Waals surface area contributed by atoms with E-state index in [2.05, 4.69) is 34.0 Å². The number of hydrogen-bond acceptors (Lipinski definition) is 4. The van der Waals surface area contributed by atoms with Crippen LogP contribution in [0.4, 0.5) is 0 Å². The van der Waals surface area contributed by atoms with Gasteiger partial charge in [0.25, 0.3) is 0 Å². The first kappa shape index (κ1) is 13.0. The molecule has 0 amide bonds. The monoisotopic (exact) mass is 254 g/mol. The summed E-state index contributed by atoms with van der Waals surface area (Å²) in [6.07, 6.45) is 2.54. The molecule has 1 fully saturated rings. The number of nitrogens with zero attached hydrogens (tertiary/aromatic N) is 1. The second-order valence-electron chi connectivity index (χ2n) is 4.74. The summed E-state index contributed by atoms with van der Waals surface area (Å²) in [4.78, 5) is 2.38. The van der Waals surface area contributed by atoms with E-state index >= 15 is 0 Å². The highest BCUT2D eigenvalue weighted by molar-refractivity contribution is 7.07. The molecule has 4 heteroatoms. The van der Waals surface area contributed by atoms with E-state index in [1.165, 1.54) is 18.4 Å². The summed E-state index contributed by atoms with van der Waals surface area (Å²) < 4.78 is 0. The van der Waals surface area contributed by atoms with E-state index in [4.69, 9.17) is 0 Å². The van der Waals surface area contributed by atoms with Crippen molar-refractivity contribution in [2.24, 2.45) is 0 Å². The van der Waals surface area contributed by atoms with Crippen molar-refractivity contribution >= 4 is 11.3 Å². The number of aliphatic hydroxyl groups excluding tert-OH is 1. The fraction of sp³-hybridized carbons (Fsp3) is 0.692. The number of aliphatic hydroxyl groups is 1. The van der Waals surface area contributed by atoms with Crippen LogP contribution in [-0.2, 0) is 0 Å². The van der Waals surface area contributed by atoms with Crippen molar-refractivity contribution in [3.05, 3.63) is 22.4 Å². The van der Waals surface area contributed by atoms with Gasteiger partial charge in [0.15, 0.2) is 0 Å². The summed E-state index contributed by atoms with van der Waals surface area (Å²) in [7, 11) is 0. The van der Waals surface area contributed by atoms with Gasteiger partial charge in [-0.25, -0.2) is 0 Å². The molecule has 17 heavy (non-hydrogen) atoms. The third kappa shape index (κ3) is 3.52. The maximum Gasteiger partial charge on any atom is 0.0558 e. The normalized spacial score (nSPS) is 22.2. The Morgan fingerprint density at radius 1 is 1.65 bits per heavy atom. The molecule has 2 rings (SSSR count). The Hall–Kier alpha value is -0.420. The van der Waals surface area contributed by atoms with Gasteiger partial charge >= 0.3 is 0 Å². The van der Waals surface area contributed by atoms with Crippen molar-refractivity contribution in [3.63, 3.8) is 0 Å². The summed E-state index contributed by atoms with van der Waals surface area (Å²) in [6, 6.07) is 3.18. The van der Waals surface area contributed by atoms with Crippen LogP contribution in [0.25, 0.3) is 0 Å². The van der Waals surface area contributed by atoms with Gasteiger partial charge in [0.05, 0.1) is 6.61 Å². The SMILES string of the molecule is CC(c1ccsc1)N(CCO)CC1CCCN1. The average Bonchev–Trinajstić information content (AvgIpc) is 3.00. The number of thiophene rings is 1. The molecular weight excluding hydrogens is 232 g/mol. The zero-order chi connectivity index (χ0) is 12.1. The van der Waals surface area contributed by atoms with Crippen molar-refractivity contribution in [2.75, 3.05) is 26.2 Å². The van der Waals surface area contributed by atoms with Crippen LogP contribution in [0.5, 0.6) is 0 Å². The van der Waals surface area contributed by atoms with E-state index in [1.807, 2.05) is 0 Å². The summed E-state index contributed by atoms with van der Waals surface area (Å²) in [5, 5.41) is 17.0. The zero-order valence-corrected chi connectivity index (χ0v) is 11.2. The van der Waals surface area contributed by atoms with Gasteiger partial charge in [-0.2, -0.15) is 11.3 Å². The van der Waals surface area contributed by atoms with Crippen LogP contribution >= 0.6 is 11.3 Å². The molecule has 1 aromatic rings. The van der Waals surface area contributed by atoms with Gasteiger partial charge in [-0.3, -0.25) is 4.90 Å². The Morgan fingerprint density at radius 2 is 2.53 bits per heavy atom. The van der Waals surface area contributed by atoms with Gasteiger partial charge in [0.1, 0.15) is 0 Å². The minimum absolute atomic E-state index is 0.237. The summed E-state index contributed by atoms with van der Waals surface area (Å²) in [6.45, 7) is 5.41. The van der Waals surface area contributed by atoms with Crippen molar-refractivity contribution < 1.29 is 5.11 Å². The quantitative estimate of drug-likeness (QED) is 0.813. The smallest absolute Gasteiger partial charge is 0.0558 e. The molecule has 1 aliphatic rings. The first-order chi connectivity index (χ1) is 8.31. The Balaban J connectivity index is 1.95. The molecule has 1 aromatic heterocycles. The Labute approximate surface area is 107 Å². The lowest BCUT2D eigenvalue weighted by atomic mass is 10.1. The van der Waals surface area contributed by atoms with E-state index in [0.717, 1.165) is 19.6 Å². The molecule has 0 aromatic carbocycles. The van der Waals surface area contributed by atoms with Crippen LogP contribution in [-0.4, -0.2) is 42.3 Å². The van der Waals surface area contributed by atoms with Crippen LogP contribution in [0.1, 0.15) is 31.4 Å². The Bertz CT molecular complexity index is 309. The van der Waals surface area contributed by atoms with Gasteiger partial charge in [-0.1, -0.05) is 0 Å². The third-order valence-electron chi connectivity index (χ3n) is 3.58. The summed E-state index contributed by atoms with van der Waals surface area (Å²) >= 11 is 1.74. The first-order valence-corrected chi connectivity index (χ1v) is 7.36. The van der Waals surface area contributed by atoms with E-state index in [-0.39, 0.29) is 6.61 Å². The van der Waals surface area contributed by atoms with Crippen LogP contribution in [0.3, 0.4) is 0 Å². The topological polar surface area (TPSA) is 35.5 Å². The number of nitrogens with one attached hydrogen (secondary N) is 1. The fourth-order valence-corrected chi connectivity index (χ4v) is 3.24. The maximum atomic E-state index is 9.20. The molecule has 1 aliphatic heterocycles. The van der Waals surface area contributed by atoms with E-state index in [0.29, 0.717) is 12.1 Å². The molecule has 0 radical (unpaired) electrons. The number of hydrogen-bond donors (Lipinski definition) is 2. The summed E-state index contributed by atoms with van der Waals surface area (Å²) in [5.74, 6) is 0. The van der Waals surface area contributed by atoms with Crippen molar-refractivity contribution in [2.45, 2.75) is 31.8 Å². The minimum Gasteiger partial charge on any atom is -0.395 e. The van der Waals surface area contributed by atoms with Crippen LogP contribution in [0.2, 0.25) is 0 Å². The van der Waals surface area contributed by atoms with Gasteiger partial charge in [0, 0.05) is 25.2 Å². The third-order valence-corrected chi connectivity index (χ3v) is 4.28. The van der Waals surface area contributed by atoms with Gasteiger partial charge in [0.2, 0.25) is 0 Å². The standard InChI is InChI=1S/C13H22N2OS/c1-11(12-4-8-17-10-12)15(6-7-16)9-13-3-2-5-14-13/h4,8,10-11,13-14,16H,2-3,5-7,9H2,1H3. The van der Waals surface area contributed by atoms with E-state index in [9.17, 15) is 5.11 Å². The van der Waals surface area contributed by atoms with Gasteiger partial charge < -0.3 is 10.4 Å². The minimum atomic E-state index is 0.237. The van der Waals surface area contributed by atoms with E-state index in [1.54, 1.807) is 11.3 Å². The van der Waals surface area contributed by atoms with Crippen molar-refractivity contribution in [3.8, 4) is 0 Å². The maximum absolute atomic E-state index is 9.20. The fourth-order valence-electron chi connectivity index (χ4n) is 2.49. The van der Waals surface area contributed by atoms with Crippen LogP contribution in [0.15, 0.2) is 16.8 Å². The molecule has 2 N–H and O–H groups in total. The highest BCUT2D eigenvalue weighted by Crippen LogP contribution is 2.23. The molecule has 96 valence electrons. The zero-order valence-electron chi connectivity index (χ0n) is 10.4. The second-order valence-corrected chi connectivity index (χ2v) is 5.52. The average molecular weight is 254 g/mol. The molecule has 0 aliphatic carbocycles. The molecule has 3 nitrogen and oxygen atoms in total. The predicted molar refractivity (Wildman–Crippen MR) is 72.4 cm³/mol. The summed E-state index contributed by atoms with van der Waals surface area (Å²) in [5.41, 5.74) is 1.36. The first-order valence-electron chi connectivity index (χ1n) is 6.41. The van der Waals surface area contributed by atoms with Crippen molar-refractivity contribution in [1.29, 1.82) is 0 Å². The molecule has 0 saturated carbocycles. The van der Waals surface area contributed by atoms with Gasteiger partial charge in [-0.05, 0) is 48.7 Å². The van der Waals surface area contributed by atoms with Gasteiger partial charge in [-0.15, -0.1) is 0 Å². The molecule has 0 bridgehead atoms. The molecule has 0 spiro atoms. The van der Waals surface area contributed by atoms with Crippen LogP contribution < -0.4 is 5.32 Å².